The van der Waals surface area contributed by atoms with Crippen LogP contribution in [0.15, 0.2) is 30.5 Å². The molecule has 3 nitrogen and oxygen atoms in total. The smallest absolute Gasteiger partial charge is 0.324 e. The molecule has 2 rings (SSSR count). The molecule has 1 atom stereocenters. The third kappa shape index (κ3) is 2.76. The normalized spacial score (nSPS) is 13.6. The molecule has 0 aliphatic heterocycles. The summed E-state index contributed by atoms with van der Waals surface area (Å²) in [6.45, 7) is 1.62. The van der Waals surface area contributed by atoms with E-state index >= 15 is 0 Å². The second-order valence-electron chi connectivity index (χ2n) is 4.14. The Morgan fingerprint density at radius 2 is 1.95 bits per heavy atom. The van der Waals surface area contributed by atoms with Gasteiger partial charge >= 0.3 is 6.18 Å². The maximum Gasteiger partial charge on any atom is 0.435 e. The Morgan fingerprint density at radius 3 is 2.47 bits per heavy atom. The van der Waals surface area contributed by atoms with Crippen molar-refractivity contribution in [2.45, 2.75) is 19.1 Å². The predicted octanol–water partition coefficient (Wildman–Crippen LogP) is 3.05. The minimum atomic E-state index is -4.51. The van der Waals surface area contributed by atoms with E-state index in [9.17, 15) is 17.6 Å². The van der Waals surface area contributed by atoms with Gasteiger partial charge in [0.15, 0.2) is 5.69 Å². The standard InChI is InChI=1S/C12H11F4N3/c1-7(17)9-6-8(13)2-3-10(9)19-5-4-11(18-19)12(14,15)16/h2-7H,17H2,1H3. The molecule has 1 unspecified atom stereocenters. The Bertz CT molecular complexity index is 587. The van der Waals surface area contributed by atoms with Crippen LogP contribution in [0.25, 0.3) is 5.69 Å². The molecule has 0 spiro atoms. The van der Waals surface area contributed by atoms with Gasteiger partial charge in [-0.1, -0.05) is 0 Å². The first-order valence-corrected chi connectivity index (χ1v) is 5.47. The second-order valence-corrected chi connectivity index (χ2v) is 4.14. The third-order valence-electron chi connectivity index (χ3n) is 2.61. The summed E-state index contributed by atoms with van der Waals surface area (Å²) in [4.78, 5) is 0. The largest absolute Gasteiger partial charge is 0.435 e. The predicted molar refractivity (Wildman–Crippen MR) is 61.1 cm³/mol. The highest BCUT2D eigenvalue weighted by Gasteiger charge is 2.33. The van der Waals surface area contributed by atoms with E-state index in [1.165, 1.54) is 18.3 Å². The van der Waals surface area contributed by atoms with Gasteiger partial charge in [-0.05, 0) is 36.8 Å². The fourth-order valence-electron chi connectivity index (χ4n) is 1.71. The number of aromatic nitrogens is 2. The van der Waals surface area contributed by atoms with Gasteiger partial charge in [0.1, 0.15) is 5.82 Å². The zero-order valence-electron chi connectivity index (χ0n) is 9.95. The Balaban J connectivity index is 2.50. The molecular formula is C12H11F4N3. The van der Waals surface area contributed by atoms with Gasteiger partial charge in [-0.2, -0.15) is 18.3 Å². The number of nitrogens with two attached hydrogens (primary N) is 1. The minimum Gasteiger partial charge on any atom is -0.324 e. The summed E-state index contributed by atoms with van der Waals surface area (Å²) in [6, 6.07) is 4.02. The number of hydrogen-bond acceptors (Lipinski definition) is 2. The molecular weight excluding hydrogens is 262 g/mol. The lowest BCUT2D eigenvalue weighted by atomic mass is 10.1. The van der Waals surface area contributed by atoms with E-state index in [1.54, 1.807) is 6.92 Å². The molecule has 102 valence electrons. The highest BCUT2D eigenvalue weighted by Crippen LogP contribution is 2.29. The molecule has 1 heterocycles. The van der Waals surface area contributed by atoms with E-state index in [2.05, 4.69) is 5.10 Å². The number of rotatable bonds is 2. The highest BCUT2D eigenvalue weighted by atomic mass is 19.4. The Hall–Kier alpha value is -1.89. The van der Waals surface area contributed by atoms with Gasteiger partial charge in [0.2, 0.25) is 0 Å². The monoisotopic (exact) mass is 273 g/mol. The molecule has 2 aromatic rings. The van der Waals surface area contributed by atoms with Gasteiger partial charge in [-0.25, -0.2) is 9.07 Å². The summed E-state index contributed by atoms with van der Waals surface area (Å²) in [6.07, 6.45) is -3.35. The molecule has 0 aliphatic rings. The summed E-state index contributed by atoms with van der Waals surface area (Å²) < 4.78 is 51.6. The quantitative estimate of drug-likeness (QED) is 0.855. The molecule has 19 heavy (non-hydrogen) atoms. The van der Waals surface area contributed by atoms with Crippen LogP contribution in [0.5, 0.6) is 0 Å². The van der Waals surface area contributed by atoms with Gasteiger partial charge in [-0.3, -0.25) is 0 Å². The Labute approximate surface area is 106 Å². The van der Waals surface area contributed by atoms with Crippen molar-refractivity contribution in [1.82, 2.24) is 9.78 Å². The van der Waals surface area contributed by atoms with Crippen LogP contribution in [0.2, 0.25) is 0 Å². The van der Waals surface area contributed by atoms with Gasteiger partial charge in [0.05, 0.1) is 5.69 Å². The second kappa shape index (κ2) is 4.65. The van der Waals surface area contributed by atoms with Crippen molar-refractivity contribution in [3.8, 4) is 5.69 Å². The molecule has 0 amide bonds. The van der Waals surface area contributed by atoms with E-state index in [-0.39, 0.29) is 0 Å². The van der Waals surface area contributed by atoms with Crippen molar-refractivity contribution in [3.63, 3.8) is 0 Å². The summed E-state index contributed by atoms with van der Waals surface area (Å²) >= 11 is 0. The fraction of sp³-hybridized carbons (Fsp3) is 0.250. The molecule has 0 saturated carbocycles. The van der Waals surface area contributed by atoms with Gasteiger partial charge in [0, 0.05) is 12.2 Å². The van der Waals surface area contributed by atoms with Gasteiger partial charge in [0.25, 0.3) is 0 Å². The zero-order chi connectivity index (χ0) is 14.2. The number of hydrogen-bond donors (Lipinski definition) is 1. The first-order chi connectivity index (χ1) is 8.79. The number of benzene rings is 1. The van der Waals surface area contributed by atoms with Crippen molar-refractivity contribution in [3.05, 3.63) is 47.5 Å². The van der Waals surface area contributed by atoms with Crippen molar-refractivity contribution < 1.29 is 17.6 Å². The van der Waals surface area contributed by atoms with Crippen LogP contribution in [-0.2, 0) is 6.18 Å². The van der Waals surface area contributed by atoms with Crippen LogP contribution in [0.1, 0.15) is 24.2 Å². The van der Waals surface area contributed by atoms with Crippen LogP contribution >= 0.6 is 0 Å². The number of halogens is 4. The topological polar surface area (TPSA) is 43.8 Å². The van der Waals surface area contributed by atoms with E-state index in [4.69, 9.17) is 5.73 Å². The Kier molecular flexibility index (Phi) is 3.32. The number of nitrogens with zero attached hydrogens (tertiary/aromatic N) is 2. The fourth-order valence-corrected chi connectivity index (χ4v) is 1.71. The molecule has 0 bridgehead atoms. The van der Waals surface area contributed by atoms with Crippen molar-refractivity contribution >= 4 is 0 Å². The summed E-state index contributed by atoms with van der Waals surface area (Å²) in [5.41, 5.74) is 5.39. The van der Waals surface area contributed by atoms with Crippen molar-refractivity contribution in [2.24, 2.45) is 5.73 Å². The molecule has 0 radical (unpaired) electrons. The van der Waals surface area contributed by atoms with Crippen molar-refractivity contribution in [1.29, 1.82) is 0 Å². The van der Waals surface area contributed by atoms with Gasteiger partial charge in [-0.15, -0.1) is 0 Å². The number of alkyl halides is 3. The lowest BCUT2D eigenvalue weighted by Crippen LogP contribution is -2.12. The lowest BCUT2D eigenvalue weighted by molar-refractivity contribution is -0.141. The van der Waals surface area contributed by atoms with E-state index < -0.39 is 23.7 Å². The van der Waals surface area contributed by atoms with E-state index in [0.717, 1.165) is 16.8 Å². The molecule has 2 N–H and O–H groups in total. The Morgan fingerprint density at radius 1 is 1.26 bits per heavy atom. The minimum absolute atomic E-state index is 0.326. The first-order valence-electron chi connectivity index (χ1n) is 5.47. The maximum absolute atomic E-state index is 13.2. The van der Waals surface area contributed by atoms with Crippen LogP contribution in [0.3, 0.4) is 0 Å². The highest BCUT2D eigenvalue weighted by molar-refractivity contribution is 5.42. The SMILES string of the molecule is CC(N)c1cc(F)ccc1-n1ccc(C(F)(F)F)n1. The van der Waals surface area contributed by atoms with Gasteiger partial charge < -0.3 is 5.73 Å². The molecule has 0 saturated heterocycles. The molecule has 1 aromatic carbocycles. The zero-order valence-corrected chi connectivity index (χ0v) is 9.95. The molecule has 7 heteroatoms. The van der Waals surface area contributed by atoms with Crippen LogP contribution in [-0.4, -0.2) is 9.78 Å². The maximum atomic E-state index is 13.2. The van der Waals surface area contributed by atoms with E-state index in [1.807, 2.05) is 0 Å². The molecule has 0 fully saturated rings. The van der Waals surface area contributed by atoms with Crippen LogP contribution in [0.4, 0.5) is 17.6 Å². The van der Waals surface area contributed by atoms with Crippen LogP contribution in [0, 0.1) is 5.82 Å². The summed E-state index contributed by atoms with van der Waals surface area (Å²) in [7, 11) is 0. The van der Waals surface area contributed by atoms with Crippen LogP contribution < -0.4 is 5.73 Å². The average Bonchev–Trinajstić information content (AvgIpc) is 2.77. The first kappa shape index (κ1) is 13.5. The van der Waals surface area contributed by atoms with E-state index in [0.29, 0.717) is 11.3 Å². The molecule has 0 aliphatic carbocycles. The average molecular weight is 273 g/mol. The third-order valence-corrected chi connectivity index (χ3v) is 2.61. The summed E-state index contributed by atoms with van der Waals surface area (Å²) in [5.74, 6) is -0.501. The molecule has 1 aromatic heterocycles. The summed E-state index contributed by atoms with van der Waals surface area (Å²) in [5, 5.41) is 3.44. The van der Waals surface area contributed by atoms with Crippen molar-refractivity contribution in [2.75, 3.05) is 0 Å². The lowest BCUT2D eigenvalue weighted by Gasteiger charge is -2.12.